The molecule has 2 atom stereocenters. The van der Waals surface area contributed by atoms with Crippen molar-refractivity contribution in [2.75, 3.05) is 34.4 Å². The van der Waals surface area contributed by atoms with Gasteiger partial charge in [-0.2, -0.15) is 0 Å². The Kier molecular flexibility index (Phi) is 4.81. The Hall–Kier alpha value is -0.160. The fourth-order valence-corrected chi connectivity index (χ4v) is 1.87. The Balaban J connectivity index is 2.19. The summed E-state index contributed by atoms with van der Waals surface area (Å²) in [7, 11) is 5.50. The molecule has 2 unspecified atom stereocenters. The molecule has 0 aliphatic carbocycles. The Labute approximate surface area is 86.6 Å². The summed E-state index contributed by atoms with van der Waals surface area (Å²) in [5, 5.41) is 3.45. The first-order valence-corrected chi connectivity index (χ1v) is 5.16. The highest BCUT2D eigenvalue weighted by Crippen LogP contribution is 2.14. The molecule has 1 N–H and O–H groups in total. The van der Waals surface area contributed by atoms with Gasteiger partial charge in [0.2, 0.25) is 0 Å². The molecular formula is C10H22N2O2. The molecule has 0 bridgehead atoms. The Morgan fingerprint density at radius 1 is 1.43 bits per heavy atom. The number of nitrogens with one attached hydrogen (secondary N) is 1. The Morgan fingerprint density at radius 2 is 2.07 bits per heavy atom. The van der Waals surface area contributed by atoms with Gasteiger partial charge in [0.1, 0.15) is 0 Å². The molecule has 0 aromatic carbocycles. The number of likely N-dealkylation sites (tertiary alicyclic amines) is 1. The first kappa shape index (κ1) is 11.9. The van der Waals surface area contributed by atoms with Crippen LogP contribution >= 0.6 is 0 Å². The second kappa shape index (κ2) is 5.66. The van der Waals surface area contributed by atoms with E-state index in [-0.39, 0.29) is 6.29 Å². The van der Waals surface area contributed by atoms with Crippen molar-refractivity contribution in [1.29, 1.82) is 0 Å². The summed E-state index contributed by atoms with van der Waals surface area (Å²) in [6.45, 7) is 4.13. The van der Waals surface area contributed by atoms with E-state index >= 15 is 0 Å². The maximum absolute atomic E-state index is 5.11. The minimum atomic E-state index is -0.129. The zero-order valence-electron chi connectivity index (χ0n) is 9.62. The molecule has 84 valence electrons. The summed E-state index contributed by atoms with van der Waals surface area (Å²) in [6, 6.07) is 1.25. The molecule has 1 aliphatic heterocycles. The minimum absolute atomic E-state index is 0.129. The van der Waals surface area contributed by atoms with Gasteiger partial charge in [-0.15, -0.1) is 0 Å². The van der Waals surface area contributed by atoms with Crippen LogP contribution < -0.4 is 5.32 Å². The highest BCUT2D eigenvalue weighted by Gasteiger charge is 2.25. The van der Waals surface area contributed by atoms with Crippen molar-refractivity contribution in [1.82, 2.24) is 10.2 Å². The van der Waals surface area contributed by atoms with E-state index in [1.54, 1.807) is 14.2 Å². The fraction of sp³-hybridized carbons (Fsp3) is 1.00. The molecule has 1 heterocycles. The van der Waals surface area contributed by atoms with Gasteiger partial charge >= 0.3 is 0 Å². The third-order valence-corrected chi connectivity index (χ3v) is 2.99. The van der Waals surface area contributed by atoms with Gasteiger partial charge in [0, 0.05) is 39.4 Å². The molecule has 0 aromatic rings. The molecule has 1 rings (SSSR count). The van der Waals surface area contributed by atoms with E-state index in [9.17, 15) is 0 Å². The average molecular weight is 202 g/mol. The molecular weight excluding hydrogens is 180 g/mol. The number of hydrogen-bond donors (Lipinski definition) is 1. The van der Waals surface area contributed by atoms with Crippen LogP contribution in [0.15, 0.2) is 0 Å². The zero-order chi connectivity index (χ0) is 10.6. The Morgan fingerprint density at radius 3 is 2.50 bits per heavy atom. The number of likely N-dealkylation sites (N-methyl/N-ethyl adjacent to an activating group) is 1. The van der Waals surface area contributed by atoms with E-state index in [1.165, 1.54) is 6.42 Å². The van der Waals surface area contributed by atoms with Crippen LogP contribution in [0, 0.1) is 0 Å². The van der Waals surface area contributed by atoms with E-state index in [2.05, 4.69) is 24.2 Å². The van der Waals surface area contributed by atoms with Crippen LogP contribution in [0.1, 0.15) is 13.3 Å². The predicted octanol–water partition coefficient (Wildman–Crippen LogP) is 0.288. The molecule has 0 radical (unpaired) electrons. The zero-order valence-corrected chi connectivity index (χ0v) is 9.62. The lowest BCUT2D eigenvalue weighted by Crippen LogP contribution is -2.38. The summed E-state index contributed by atoms with van der Waals surface area (Å²) >= 11 is 0. The SMILES string of the molecule is COC(CNC1CC(C)N(C)C1)OC. The topological polar surface area (TPSA) is 33.7 Å². The van der Waals surface area contributed by atoms with Crippen LogP contribution in [0.3, 0.4) is 0 Å². The van der Waals surface area contributed by atoms with Crippen LogP contribution in [0.2, 0.25) is 0 Å². The summed E-state index contributed by atoms with van der Waals surface area (Å²) in [4.78, 5) is 2.37. The maximum Gasteiger partial charge on any atom is 0.169 e. The smallest absolute Gasteiger partial charge is 0.169 e. The summed E-state index contributed by atoms with van der Waals surface area (Å²) < 4.78 is 10.2. The van der Waals surface area contributed by atoms with E-state index in [1.807, 2.05) is 0 Å². The molecule has 1 saturated heterocycles. The second-order valence-electron chi connectivity index (χ2n) is 4.03. The van der Waals surface area contributed by atoms with Gasteiger partial charge < -0.3 is 19.7 Å². The van der Waals surface area contributed by atoms with E-state index in [0.717, 1.165) is 13.1 Å². The maximum atomic E-state index is 5.11. The van der Waals surface area contributed by atoms with Crippen LogP contribution in [-0.2, 0) is 9.47 Å². The third kappa shape index (κ3) is 3.20. The van der Waals surface area contributed by atoms with Crippen LogP contribution in [-0.4, -0.2) is 57.6 Å². The van der Waals surface area contributed by atoms with Crippen molar-refractivity contribution < 1.29 is 9.47 Å². The standard InChI is InChI=1S/C10H22N2O2/c1-8-5-9(7-12(8)2)11-6-10(13-3)14-4/h8-11H,5-7H2,1-4H3. The monoisotopic (exact) mass is 202 g/mol. The second-order valence-corrected chi connectivity index (χ2v) is 4.03. The van der Waals surface area contributed by atoms with E-state index in [0.29, 0.717) is 12.1 Å². The number of ether oxygens (including phenoxy) is 2. The summed E-state index contributed by atoms with van der Waals surface area (Å²) in [5.41, 5.74) is 0. The van der Waals surface area contributed by atoms with Crippen molar-refractivity contribution >= 4 is 0 Å². The number of hydrogen-bond acceptors (Lipinski definition) is 4. The third-order valence-electron chi connectivity index (χ3n) is 2.99. The highest BCUT2D eigenvalue weighted by atomic mass is 16.7. The Bertz CT molecular complexity index is 152. The van der Waals surface area contributed by atoms with Crippen LogP contribution in [0.4, 0.5) is 0 Å². The molecule has 4 nitrogen and oxygen atoms in total. The first-order chi connectivity index (χ1) is 6.67. The predicted molar refractivity (Wildman–Crippen MR) is 56.3 cm³/mol. The van der Waals surface area contributed by atoms with E-state index in [4.69, 9.17) is 9.47 Å². The van der Waals surface area contributed by atoms with Crippen molar-refractivity contribution in [3.8, 4) is 0 Å². The quantitative estimate of drug-likeness (QED) is 0.650. The van der Waals surface area contributed by atoms with Gasteiger partial charge in [-0.05, 0) is 20.4 Å². The molecule has 4 heteroatoms. The van der Waals surface area contributed by atoms with Crippen molar-refractivity contribution in [3.63, 3.8) is 0 Å². The van der Waals surface area contributed by atoms with Crippen molar-refractivity contribution in [2.45, 2.75) is 31.7 Å². The largest absolute Gasteiger partial charge is 0.355 e. The summed E-state index contributed by atoms with van der Waals surface area (Å²) in [6.07, 6.45) is 1.08. The van der Waals surface area contributed by atoms with Gasteiger partial charge in [0.05, 0.1) is 0 Å². The number of methoxy groups -OCH3 is 2. The van der Waals surface area contributed by atoms with Gasteiger partial charge in [0.25, 0.3) is 0 Å². The number of nitrogens with zero attached hydrogens (tertiary/aromatic N) is 1. The van der Waals surface area contributed by atoms with Gasteiger partial charge in [0.15, 0.2) is 6.29 Å². The van der Waals surface area contributed by atoms with Gasteiger partial charge in [-0.1, -0.05) is 0 Å². The van der Waals surface area contributed by atoms with Crippen LogP contribution in [0.5, 0.6) is 0 Å². The molecule has 0 saturated carbocycles. The lowest BCUT2D eigenvalue weighted by Gasteiger charge is -2.17. The molecule has 0 spiro atoms. The molecule has 0 aromatic heterocycles. The summed E-state index contributed by atoms with van der Waals surface area (Å²) in [5.74, 6) is 0. The highest BCUT2D eigenvalue weighted by molar-refractivity contribution is 4.84. The lowest BCUT2D eigenvalue weighted by molar-refractivity contribution is -0.0997. The van der Waals surface area contributed by atoms with Gasteiger partial charge in [-0.3, -0.25) is 0 Å². The molecule has 1 fully saturated rings. The van der Waals surface area contributed by atoms with Crippen molar-refractivity contribution in [3.05, 3.63) is 0 Å². The minimum Gasteiger partial charge on any atom is -0.355 e. The van der Waals surface area contributed by atoms with Crippen molar-refractivity contribution in [2.24, 2.45) is 0 Å². The van der Waals surface area contributed by atoms with Crippen LogP contribution in [0.25, 0.3) is 0 Å². The lowest BCUT2D eigenvalue weighted by atomic mass is 10.2. The first-order valence-electron chi connectivity index (χ1n) is 5.16. The average Bonchev–Trinajstić information content (AvgIpc) is 2.48. The normalized spacial score (nSPS) is 28.9. The molecule has 1 aliphatic rings. The molecule has 0 amide bonds. The molecule has 14 heavy (non-hydrogen) atoms. The van der Waals surface area contributed by atoms with E-state index < -0.39 is 0 Å². The van der Waals surface area contributed by atoms with Gasteiger partial charge in [-0.25, -0.2) is 0 Å². The number of rotatable bonds is 5. The fourth-order valence-electron chi connectivity index (χ4n) is 1.87.